The summed E-state index contributed by atoms with van der Waals surface area (Å²) in [6.45, 7) is 17.1. The van der Waals surface area contributed by atoms with Crippen molar-refractivity contribution < 1.29 is 38.1 Å². The topological polar surface area (TPSA) is 204 Å². The summed E-state index contributed by atoms with van der Waals surface area (Å²) in [7, 11) is 3.35. The van der Waals surface area contributed by atoms with Gasteiger partial charge in [-0.1, -0.05) is 12.1 Å². The molecule has 0 aliphatic carbocycles. The third kappa shape index (κ3) is 11.2. The Morgan fingerprint density at radius 3 is 1.55 bits per heavy atom. The highest BCUT2D eigenvalue weighted by atomic mass is 16.6. The van der Waals surface area contributed by atoms with Gasteiger partial charge in [-0.05, 0) is 71.0 Å². The molecular weight excluding hydrogens is 909 g/mol. The Balaban J connectivity index is 0.000000179. The Morgan fingerprint density at radius 1 is 0.662 bits per heavy atom. The fourth-order valence-corrected chi connectivity index (χ4v) is 9.27. The number of fused-ring (bicyclic) bond motifs is 2. The largest absolute Gasteiger partial charge is 0.495 e. The quantitative estimate of drug-likeness (QED) is 0.146. The monoisotopic (exact) mass is 972 g/mol. The van der Waals surface area contributed by atoms with Gasteiger partial charge in [0, 0.05) is 101 Å². The fourth-order valence-electron chi connectivity index (χ4n) is 9.27. The summed E-state index contributed by atoms with van der Waals surface area (Å²) >= 11 is 0. The highest BCUT2D eigenvalue weighted by molar-refractivity contribution is 5.79. The number of rotatable bonds is 12. The SMILES string of the molecule is COc1cc(-c2cn3nccc3c(O[C@H](C)[C@H]3CNC(=O)C3)n2)ccc1N1CCN(C(=O)OC(C)(C)C)CC1.COc1cc(-c2cn3nccc3c(O[C@H](C)[C@H]3CNC(=O)C3)n2)ccc1N1CCNCC1. The molecule has 20 nitrogen and oxygen atoms in total. The van der Waals surface area contributed by atoms with Gasteiger partial charge in [0.1, 0.15) is 40.3 Å². The number of aromatic nitrogens is 6. The molecule has 4 saturated heterocycles. The predicted molar refractivity (Wildman–Crippen MR) is 267 cm³/mol. The number of hydrogen-bond acceptors (Lipinski definition) is 15. The van der Waals surface area contributed by atoms with E-state index in [1.54, 1.807) is 40.5 Å². The molecule has 0 saturated carbocycles. The summed E-state index contributed by atoms with van der Waals surface area (Å²) < 4.78 is 33.1. The summed E-state index contributed by atoms with van der Waals surface area (Å²) in [5, 5.41) is 17.9. The van der Waals surface area contributed by atoms with Crippen molar-refractivity contribution in [2.24, 2.45) is 11.8 Å². The van der Waals surface area contributed by atoms with E-state index in [0.717, 1.165) is 71.2 Å². The Kier molecular flexibility index (Phi) is 14.3. The van der Waals surface area contributed by atoms with Crippen LogP contribution in [0.4, 0.5) is 16.2 Å². The van der Waals surface area contributed by atoms with E-state index >= 15 is 0 Å². The first-order valence-electron chi connectivity index (χ1n) is 24.3. The number of amides is 3. The Bertz CT molecular complexity index is 2870. The van der Waals surface area contributed by atoms with Crippen LogP contribution in [-0.2, 0) is 14.3 Å². The molecule has 0 bridgehead atoms. The average Bonchev–Trinajstić information content (AvgIpc) is 4.22. The highest BCUT2D eigenvalue weighted by Crippen LogP contribution is 2.37. The van der Waals surface area contributed by atoms with Crippen molar-refractivity contribution in [3.8, 4) is 45.8 Å². The molecule has 3 amide bonds. The van der Waals surface area contributed by atoms with E-state index in [1.165, 1.54) is 0 Å². The van der Waals surface area contributed by atoms with Gasteiger partial charge in [0.15, 0.2) is 0 Å². The van der Waals surface area contributed by atoms with Crippen LogP contribution in [0.15, 0.2) is 73.3 Å². The maximum Gasteiger partial charge on any atom is 0.410 e. The molecule has 4 aromatic heterocycles. The number of nitrogens with zero attached hydrogens (tertiary/aromatic N) is 9. The van der Waals surface area contributed by atoms with E-state index in [9.17, 15) is 14.4 Å². The van der Waals surface area contributed by atoms with Crippen LogP contribution in [0.25, 0.3) is 33.5 Å². The molecule has 20 heteroatoms. The minimum absolute atomic E-state index is 0.0464. The molecule has 4 fully saturated rings. The lowest BCUT2D eigenvalue weighted by molar-refractivity contribution is -0.120. The second-order valence-electron chi connectivity index (χ2n) is 19.3. The minimum Gasteiger partial charge on any atom is -0.495 e. The highest BCUT2D eigenvalue weighted by Gasteiger charge is 2.31. The van der Waals surface area contributed by atoms with Crippen LogP contribution in [0.5, 0.6) is 23.3 Å². The Hall–Kier alpha value is -7.35. The summed E-state index contributed by atoms with van der Waals surface area (Å²) in [6.07, 6.45) is 7.48. The van der Waals surface area contributed by atoms with Gasteiger partial charge < -0.3 is 54.3 Å². The summed E-state index contributed by atoms with van der Waals surface area (Å²) in [5.41, 5.74) is 6.29. The average molecular weight is 973 g/mol. The maximum atomic E-state index is 12.5. The molecule has 10 rings (SSSR count). The first-order chi connectivity index (χ1) is 34.2. The first kappa shape index (κ1) is 48.7. The zero-order valence-corrected chi connectivity index (χ0v) is 41.5. The molecule has 0 unspecified atom stereocenters. The Labute approximate surface area is 412 Å². The maximum absolute atomic E-state index is 12.5. The molecule has 4 atom stereocenters. The number of piperazine rings is 2. The molecule has 71 heavy (non-hydrogen) atoms. The lowest BCUT2D eigenvalue weighted by atomic mass is 10.0. The zero-order valence-electron chi connectivity index (χ0n) is 41.5. The van der Waals surface area contributed by atoms with Crippen molar-refractivity contribution in [2.45, 2.75) is 65.3 Å². The fraction of sp³-hybridized carbons (Fsp3) is 0.471. The van der Waals surface area contributed by atoms with Crippen LogP contribution in [0.2, 0.25) is 0 Å². The van der Waals surface area contributed by atoms with Gasteiger partial charge in [0.2, 0.25) is 23.6 Å². The molecule has 6 aromatic rings. The Morgan fingerprint density at radius 2 is 1.13 bits per heavy atom. The second-order valence-corrected chi connectivity index (χ2v) is 19.3. The van der Waals surface area contributed by atoms with Gasteiger partial charge >= 0.3 is 6.09 Å². The van der Waals surface area contributed by atoms with Gasteiger partial charge in [-0.25, -0.2) is 23.8 Å². The molecule has 4 aliphatic heterocycles. The van der Waals surface area contributed by atoms with E-state index in [4.69, 9.17) is 33.7 Å². The molecule has 0 spiro atoms. The van der Waals surface area contributed by atoms with Gasteiger partial charge in [-0.15, -0.1) is 0 Å². The number of ether oxygens (including phenoxy) is 5. The van der Waals surface area contributed by atoms with Crippen molar-refractivity contribution >= 4 is 40.3 Å². The zero-order chi connectivity index (χ0) is 49.8. The second kappa shape index (κ2) is 20.9. The normalized spacial score (nSPS) is 19.2. The van der Waals surface area contributed by atoms with Crippen molar-refractivity contribution in [1.82, 2.24) is 50.0 Å². The van der Waals surface area contributed by atoms with Crippen LogP contribution in [-0.4, -0.2) is 149 Å². The smallest absolute Gasteiger partial charge is 0.410 e. The number of nitrogens with one attached hydrogen (secondary N) is 3. The number of hydrogen-bond donors (Lipinski definition) is 3. The van der Waals surface area contributed by atoms with Gasteiger partial charge in [-0.2, -0.15) is 10.2 Å². The third-order valence-electron chi connectivity index (χ3n) is 13.3. The van der Waals surface area contributed by atoms with Crippen molar-refractivity contribution in [2.75, 3.05) is 89.5 Å². The molecular formula is C51H64N12O8. The lowest BCUT2D eigenvalue weighted by Gasteiger charge is -2.37. The van der Waals surface area contributed by atoms with Gasteiger partial charge in [0.25, 0.3) is 0 Å². The van der Waals surface area contributed by atoms with E-state index in [-0.39, 0.29) is 42.0 Å². The standard InChI is InChI=1S/C28H36N6O5.C23H28N6O3/c1-18(20-15-25(35)29-16-20)38-26-23-8-9-30-34(23)17-21(31-26)19-6-7-22(24(14-19)37-5)32-10-12-33(13-11-32)27(36)39-28(2,3)4;1-15(17-12-22(30)25-13-17)32-23-20-5-6-26-29(20)14-18(27-23)16-3-4-19(21(11-16)31-2)28-9-7-24-8-10-28/h6-9,14,17-18,20H,10-13,15-16H2,1-5H3,(H,29,35);3-6,11,14-15,17,24H,7-10,12-13H2,1-2H3,(H,25,30)/t18-,20-;15-,17-/m11/s1. The molecule has 8 heterocycles. The van der Waals surface area contributed by atoms with Crippen LogP contribution in [0, 0.1) is 11.8 Å². The number of methoxy groups -OCH3 is 2. The lowest BCUT2D eigenvalue weighted by Crippen LogP contribution is -2.50. The third-order valence-corrected chi connectivity index (χ3v) is 13.3. The van der Waals surface area contributed by atoms with E-state index in [1.807, 2.05) is 83.4 Å². The number of anilines is 2. The molecule has 376 valence electrons. The minimum atomic E-state index is -0.518. The van der Waals surface area contributed by atoms with E-state index in [0.29, 0.717) is 75.3 Å². The van der Waals surface area contributed by atoms with Crippen LogP contribution < -0.4 is 44.7 Å². The first-order valence-corrected chi connectivity index (χ1v) is 24.3. The van der Waals surface area contributed by atoms with Crippen molar-refractivity contribution in [3.63, 3.8) is 0 Å². The summed E-state index contributed by atoms with van der Waals surface area (Å²) in [6, 6.07) is 15.9. The predicted octanol–water partition coefficient (Wildman–Crippen LogP) is 5.08. The molecule has 2 aromatic carbocycles. The van der Waals surface area contributed by atoms with Gasteiger partial charge in [-0.3, -0.25) is 9.59 Å². The van der Waals surface area contributed by atoms with E-state index in [2.05, 4.69) is 48.1 Å². The van der Waals surface area contributed by atoms with Crippen LogP contribution >= 0.6 is 0 Å². The summed E-state index contributed by atoms with van der Waals surface area (Å²) in [5.74, 6) is 2.83. The van der Waals surface area contributed by atoms with Crippen LogP contribution in [0.1, 0.15) is 47.5 Å². The number of benzene rings is 2. The molecule has 0 radical (unpaired) electrons. The van der Waals surface area contributed by atoms with Crippen molar-refractivity contribution in [3.05, 3.63) is 73.3 Å². The van der Waals surface area contributed by atoms with Crippen LogP contribution in [0.3, 0.4) is 0 Å². The van der Waals surface area contributed by atoms with Crippen molar-refractivity contribution in [1.29, 1.82) is 0 Å². The number of carbonyl (C=O) groups is 3. The van der Waals surface area contributed by atoms with Gasteiger partial charge in [0.05, 0.1) is 61.8 Å². The molecule has 4 aliphatic rings. The number of carbonyl (C=O) groups excluding carboxylic acids is 3. The molecule has 3 N–H and O–H groups in total. The summed E-state index contributed by atoms with van der Waals surface area (Å²) in [4.78, 5) is 51.7. The van der Waals surface area contributed by atoms with E-state index < -0.39 is 5.60 Å².